The number of ether oxygens (including phenoxy) is 1. The molecule has 9 heteroatoms. The van der Waals surface area contributed by atoms with Crippen molar-refractivity contribution < 1.29 is 9.53 Å². The number of carbonyl (C=O) groups excluding carboxylic acids is 1. The molecule has 0 spiro atoms. The number of fused-ring (bicyclic) bond motifs is 1. The van der Waals surface area contributed by atoms with Gasteiger partial charge in [-0.15, -0.1) is 12.4 Å². The van der Waals surface area contributed by atoms with Crippen LogP contribution >= 0.6 is 35.3 Å². The van der Waals surface area contributed by atoms with Crippen LogP contribution in [0.4, 0.5) is 5.13 Å². The lowest BCUT2D eigenvalue weighted by Gasteiger charge is -2.18. The van der Waals surface area contributed by atoms with Crippen molar-refractivity contribution >= 4 is 62.7 Å². The topological polar surface area (TPSA) is 60.2 Å². The predicted molar refractivity (Wildman–Crippen MR) is 138 cm³/mol. The van der Waals surface area contributed by atoms with Crippen molar-refractivity contribution in [3.8, 4) is 5.75 Å². The number of benzene rings is 2. The van der Waals surface area contributed by atoms with Crippen molar-refractivity contribution in [2.45, 2.75) is 19.9 Å². The minimum atomic E-state index is -0.146. The molecule has 0 radical (unpaired) electrons. The van der Waals surface area contributed by atoms with E-state index in [4.69, 9.17) is 21.3 Å². The van der Waals surface area contributed by atoms with Crippen molar-refractivity contribution in [2.75, 3.05) is 18.1 Å². The number of aromatic nitrogens is 3. The van der Waals surface area contributed by atoms with E-state index in [0.29, 0.717) is 23.3 Å². The first-order chi connectivity index (χ1) is 15.7. The fourth-order valence-corrected chi connectivity index (χ4v) is 4.50. The summed E-state index contributed by atoms with van der Waals surface area (Å²) in [6.07, 6.45) is 9.49. The molecule has 33 heavy (non-hydrogen) atoms. The molecular formula is C24H24Cl2N4O2S. The van der Waals surface area contributed by atoms with Crippen molar-refractivity contribution in [3.63, 3.8) is 0 Å². The van der Waals surface area contributed by atoms with Crippen LogP contribution in [0.3, 0.4) is 0 Å². The Hall–Kier alpha value is -2.87. The number of imidazole rings is 1. The zero-order valence-electron chi connectivity index (χ0n) is 18.1. The molecule has 2 aromatic heterocycles. The van der Waals surface area contributed by atoms with Crippen LogP contribution in [0.5, 0.6) is 5.75 Å². The molecule has 0 aliphatic rings. The summed E-state index contributed by atoms with van der Waals surface area (Å²) in [6, 6.07) is 13.3. The van der Waals surface area contributed by atoms with Crippen LogP contribution in [0.1, 0.15) is 18.9 Å². The summed E-state index contributed by atoms with van der Waals surface area (Å²) < 4.78 is 8.70. The van der Waals surface area contributed by atoms with Crippen LogP contribution in [0, 0.1) is 0 Å². The molecule has 1 amide bonds. The largest absolute Gasteiger partial charge is 0.492 e. The van der Waals surface area contributed by atoms with Crippen molar-refractivity contribution in [2.24, 2.45) is 0 Å². The standard InChI is InChI=1S/C24H23ClN4O2S.ClH/c1-2-31-20-9-5-10-21-23(20)27-24(32-21)29(15-6-14-28-16-13-26-17-28)22(30)12-11-18-7-3-4-8-19(18)25;/h3-5,7-13,16-17H,2,6,14-15H2,1H3;1H/b12-11+;. The summed E-state index contributed by atoms with van der Waals surface area (Å²) in [6.45, 7) is 3.78. The van der Waals surface area contributed by atoms with E-state index >= 15 is 0 Å². The summed E-state index contributed by atoms with van der Waals surface area (Å²) in [5.74, 6) is 0.581. The smallest absolute Gasteiger partial charge is 0.252 e. The third-order valence-corrected chi connectivity index (χ3v) is 6.22. The van der Waals surface area contributed by atoms with Gasteiger partial charge in [0.25, 0.3) is 5.91 Å². The summed E-state index contributed by atoms with van der Waals surface area (Å²) in [5.41, 5.74) is 1.57. The average Bonchev–Trinajstić information content (AvgIpc) is 3.46. The molecule has 0 fully saturated rings. The molecule has 2 heterocycles. The van der Waals surface area contributed by atoms with E-state index in [1.165, 1.54) is 11.3 Å². The highest BCUT2D eigenvalue weighted by molar-refractivity contribution is 7.22. The molecule has 0 bridgehead atoms. The summed E-state index contributed by atoms with van der Waals surface area (Å²) in [5, 5.41) is 1.25. The number of aryl methyl sites for hydroxylation is 1. The summed E-state index contributed by atoms with van der Waals surface area (Å²) in [7, 11) is 0. The number of hydrogen-bond acceptors (Lipinski definition) is 5. The number of amides is 1. The molecule has 0 aliphatic heterocycles. The lowest BCUT2D eigenvalue weighted by molar-refractivity contribution is -0.114. The monoisotopic (exact) mass is 502 g/mol. The van der Waals surface area contributed by atoms with Gasteiger partial charge in [-0.05, 0) is 43.2 Å². The van der Waals surface area contributed by atoms with Gasteiger partial charge in [0.05, 0.1) is 17.6 Å². The van der Waals surface area contributed by atoms with E-state index in [1.807, 2.05) is 54.1 Å². The quantitative estimate of drug-likeness (QED) is 0.259. The third kappa shape index (κ3) is 6.13. The number of rotatable bonds is 9. The first-order valence-corrected chi connectivity index (χ1v) is 11.6. The molecule has 4 aromatic rings. The fraction of sp³-hybridized carbons (Fsp3) is 0.208. The molecule has 0 saturated heterocycles. The third-order valence-electron chi connectivity index (χ3n) is 4.84. The molecule has 0 N–H and O–H groups in total. The molecule has 6 nitrogen and oxygen atoms in total. The zero-order valence-corrected chi connectivity index (χ0v) is 20.4. The Morgan fingerprint density at radius 3 is 2.85 bits per heavy atom. The molecule has 0 aliphatic carbocycles. The molecule has 0 saturated carbocycles. The Morgan fingerprint density at radius 2 is 2.09 bits per heavy atom. The van der Waals surface area contributed by atoms with Crippen LogP contribution in [0.2, 0.25) is 5.02 Å². The van der Waals surface area contributed by atoms with Gasteiger partial charge >= 0.3 is 0 Å². The highest BCUT2D eigenvalue weighted by atomic mass is 35.5. The minimum absolute atomic E-state index is 0. The number of anilines is 1. The SMILES string of the molecule is CCOc1cccc2sc(N(CCCn3ccnc3)C(=O)/C=C/c3ccccc3Cl)nc12.Cl. The first-order valence-electron chi connectivity index (χ1n) is 10.4. The molecular weight excluding hydrogens is 479 g/mol. The Bertz CT molecular complexity index is 1220. The molecule has 2 aromatic carbocycles. The molecule has 0 unspecified atom stereocenters. The lowest BCUT2D eigenvalue weighted by atomic mass is 10.2. The normalized spacial score (nSPS) is 11.0. The van der Waals surface area contributed by atoms with E-state index in [-0.39, 0.29) is 18.3 Å². The maximum Gasteiger partial charge on any atom is 0.252 e. The predicted octanol–water partition coefficient (Wildman–Crippen LogP) is 6.10. The van der Waals surface area contributed by atoms with Gasteiger partial charge in [-0.25, -0.2) is 9.97 Å². The van der Waals surface area contributed by atoms with Crippen molar-refractivity contribution in [3.05, 3.63) is 77.8 Å². The second kappa shape index (κ2) is 11.8. The summed E-state index contributed by atoms with van der Waals surface area (Å²) in [4.78, 5) is 23.8. The molecule has 4 rings (SSSR count). The number of hydrogen-bond donors (Lipinski definition) is 0. The van der Waals surface area contributed by atoms with Gasteiger partial charge in [-0.3, -0.25) is 9.69 Å². The van der Waals surface area contributed by atoms with Crippen LogP contribution in [0.25, 0.3) is 16.3 Å². The first kappa shape index (κ1) is 24.8. The maximum atomic E-state index is 13.2. The minimum Gasteiger partial charge on any atom is -0.492 e. The van der Waals surface area contributed by atoms with E-state index in [0.717, 1.165) is 34.5 Å². The van der Waals surface area contributed by atoms with E-state index < -0.39 is 0 Å². The van der Waals surface area contributed by atoms with Gasteiger partial charge in [0.2, 0.25) is 0 Å². The van der Waals surface area contributed by atoms with Crippen LogP contribution in [0.15, 0.2) is 67.3 Å². The van der Waals surface area contributed by atoms with Gasteiger partial charge in [-0.1, -0.05) is 47.2 Å². The van der Waals surface area contributed by atoms with Gasteiger partial charge in [-0.2, -0.15) is 0 Å². The Kier molecular flexibility index (Phi) is 8.88. The Morgan fingerprint density at radius 1 is 1.24 bits per heavy atom. The van der Waals surface area contributed by atoms with Crippen LogP contribution in [-0.4, -0.2) is 33.6 Å². The second-order valence-corrected chi connectivity index (χ2v) is 8.45. The lowest BCUT2D eigenvalue weighted by Crippen LogP contribution is -2.30. The highest BCUT2D eigenvalue weighted by Crippen LogP contribution is 2.34. The zero-order chi connectivity index (χ0) is 22.3. The number of carbonyl (C=O) groups is 1. The van der Waals surface area contributed by atoms with Gasteiger partial charge in [0.15, 0.2) is 5.13 Å². The van der Waals surface area contributed by atoms with Gasteiger partial charge in [0, 0.05) is 36.6 Å². The van der Waals surface area contributed by atoms with Gasteiger partial charge < -0.3 is 9.30 Å². The fourth-order valence-electron chi connectivity index (χ4n) is 3.29. The van der Waals surface area contributed by atoms with E-state index in [9.17, 15) is 4.79 Å². The number of nitrogens with zero attached hydrogens (tertiary/aromatic N) is 4. The van der Waals surface area contributed by atoms with Crippen LogP contribution in [-0.2, 0) is 11.3 Å². The number of thiazole rings is 1. The van der Waals surface area contributed by atoms with Crippen LogP contribution < -0.4 is 9.64 Å². The molecule has 172 valence electrons. The number of para-hydroxylation sites is 1. The maximum absolute atomic E-state index is 13.2. The summed E-state index contributed by atoms with van der Waals surface area (Å²) >= 11 is 7.72. The van der Waals surface area contributed by atoms with Gasteiger partial charge in [0.1, 0.15) is 11.3 Å². The molecule has 0 atom stereocenters. The van der Waals surface area contributed by atoms with E-state index in [2.05, 4.69) is 4.98 Å². The van der Waals surface area contributed by atoms with E-state index in [1.54, 1.807) is 35.6 Å². The van der Waals surface area contributed by atoms with Crippen molar-refractivity contribution in [1.82, 2.24) is 14.5 Å². The highest BCUT2D eigenvalue weighted by Gasteiger charge is 2.19. The average molecular weight is 503 g/mol. The number of halogens is 2. The Balaban J connectivity index is 0.00000306. The second-order valence-electron chi connectivity index (χ2n) is 7.03. The Labute approximate surface area is 207 Å². The van der Waals surface area contributed by atoms with Crippen molar-refractivity contribution in [1.29, 1.82) is 0 Å².